The minimum atomic E-state index is -3.83. The van der Waals surface area contributed by atoms with Gasteiger partial charge in [0.15, 0.2) is 0 Å². The van der Waals surface area contributed by atoms with Crippen molar-refractivity contribution in [2.24, 2.45) is 0 Å². The lowest BCUT2D eigenvalue weighted by molar-refractivity contribution is -0.116. The van der Waals surface area contributed by atoms with E-state index in [1.165, 1.54) is 23.9 Å². The molecule has 2 N–H and O–H groups in total. The van der Waals surface area contributed by atoms with Crippen molar-refractivity contribution in [1.29, 1.82) is 0 Å². The maximum Gasteiger partial charge on any atom is 0.264 e. The van der Waals surface area contributed by atoms with Crippen LogP contribution in [-0.2, 0) is 14.8 Å². The van der Waals surface area contributed by atoms with Crippen LogP contribution in [0.1, 0.15) is 55.8 Å². The zero-order valence-corrected chi connectivity index (χ0v) is 19.5. The third-order valence-corrected chi connectivity index (χ3v) is 6.48. The van der Waals surface area contributed by atoms with Crippen LogP contribution < -0.4 is 10.0 Å². The van der Waals surface area contributed by atoms with E-state index < -0.39 is 10.0 Å². The summed E-state index contributed by atoms with van der Waals surface area (Å²) < 4.78 is 27.4. The Kier molecular flexibility index (Phi) is 7.25. The van der Waals surface area contributed by atoms with E-state index in [2.05, 4.69) is 58.1 Å². The second-order valence-corrected chi connectivity index (χ2v) is 9.81. The van der Waals surface area contributed by atoms with Gasteiger partial charge in [0, 0.05) is 24.0 Å². The van der Waals surface area contributed by atoms with Crippen LogP contribution in [0.4, 0.5) is 11.6 Å². The lowest BCUT2D eigenvalue weighted by Gasteiger charge is -2.14. The molecule has 1 heterocycles. The Bertz CT molecular complexity index is 1170. The van der Waals surface area contributed by atoms with Crippen LogP contribution in [0.15, 0.2) is 65.7 Å². The van der Waals surface area contributed by atoms with E-state index in [1.807, 2.05) is 6.92 Å². The number of nitrogens with one attached hydrogen (secondary N) is 2. The Morgan fingerprint density at radius 2 is 1.56 bits per heavy atom. The Morgan fingerprint density at radius 1 is 0.938 bits per heavy atom. The summed E-state index contributed by atoms with van der Waals surface area (Å²) in [7, 11) is -3.83. The third kappa shape index (κ3) is 6.13. The molecule has 0 fully saturated rings. The molecule has 0 aliphatic rings. The number of aryl methyl sites for hydroxylation is 1. The van der Waals surface area contributed by atoms with E-state index in [-0.39, 0.29) is 22.7 Å². The van der Waals surface area contributed by atoms with Gasteiger partial charge in [-0.2, -0.15) is 0 Å². The van der Waals surface area contributed by atoms with Crippen LogP contribution in [0.5, 0.6) is 0 Å². The summed E-state index contributed by atoms with van der Waals surface area (Å²) in [6.07, 6.45) is 1.81. The summed E-state index contributed by atoms with van der Waals surface area (Å²) in [6, 6.07) is 16.0. The van der Waals surface area contributed by atoms with Crippen molar-refractivity contribution in [3.8, 4) is 0 Å². The number of aromatic nitrogens is 2. The number of carbonyl (C=O) groups excluding carboxylic acids is 1. The Balaban J connectivity index is 1.60. The molecule has 168 valence electrons. The number of nitrogens with zero attached hydrogens (tertiary/aromatic N) is 2. The Morgan fingerprint density at radius 3 is 2.16 bits per heavy atom. The summed E-state index contributed by atoms with van der Waals surface area (Å²) in [4.78, 5) is 20.5. The summed E-state index contributed by atoms with van der Waals surface area (Å²) in [5, 5.41) is 2.83. The quantitative estimate of drug-likeness (QED) is 0.509. The summed E-state index contributed by atoms with van der Waals surface area (Å²) >= 11 is 0. The molecule has 1 unspecified atom stereocenters. The van der Waals surface area contributed by atoms with Gasteiger partial charge < -0.3 is 5.32 Å². The monoisotopic (exact) mass is 452 g/mol. The minimum Gasteiger partial charge on any atom is -0.326 e. The zero-order chi connectivity index (χ0) is 23.3. The first-order valence-electron chi connectivity index (χ1n) is 10.5. The molecular formula is C24H28N4O3S. The number of anilines is 2. The topological polar surface area (TPSA) is 101 Å². The van der Waals surface area contributed by atoms with E-state index in [1.54, 1.807) is 25.1 Å². The third-order valence-electron chi connectivity index (χ3n) is 5.13. The van der Waals surface area contributed by atoms with Crippen molar-refractivity contribution in [3.05, 3.63) is 77.6 Å². The highest BCUT2D eigenvalue weighted by molar-refractivity contribution is 7.92. The first kappa shape index (κ1) is 23.4. The van der Waals surface area contributed by atoms with Gasteiger partial charge in [0.2, 0.25) is 11.9 Å². The fourth-order valence-corrected chi connectivity index (χ4v) is 4.16. The van der Waals surface area contributed by atoms with Gasteiger partial charge in [-0.1, -0.05) is 45.0 Å². The molecule has 1 atom stereocenters. The fraction of sp³-hybridized carbons (Fsp3) is 0.292. The molecule has 0 radical (unpaired) electrons. The van der Waals surface area contributed by atoms with Crippen LogP contribution in [0.3, 0.4) is 0 Å². The first-order valence-corrected chi connectivity index (χ1v) is 11.9. The SMILES string of the molecule is Cc1ccnc(NS(=O)(=O)c2ccc(NC(=O)CC(C)c3ccc(C(C)C)cc3)cc2)n1. The molecule has 3 rings (SSSR count). The van der Waals surface area contributed by atoms with E-state index in [0.717, 1.165) is 5.56 Å². The van der Waals surface area contributed by atoms with Crippen LogP contribution in [0.25, 0.3) is 0 Å². The van der Waals surface area contributed by atoms with Crippen LogP contribution in [0.2, 0.25) is 0 Å². The summed E-state index contributed by atoms with van der Waals surface area (Å²) in [5.74, 6) is 0.411. The Hall–Kier alpha value is -3.26. The largest absolute Gasteiger partial charge is 0.326 e. The lowest BCUT2D eigenvalue weighted by Crippen LogP contribution is -2.16. The van der Waals surface area contributed by atoms with Crippen molar-refractivity contribution in [2.45, 2.75) is 50.8 Å². The summed E-state index contributed by atoms with van der Waals surface area (Å²) in [5.41, 5.74) is 3.56. The predicted molar refractivity (Wildman–Crippen MR) is 126 cm³/mol. The van der Waals surface area contributed by atoms with Gasteiger partial charge in [-0.15, -0.1) is 0 Å². The van der Waals surface area contributed by atoms with Crippen molar-refractivity contribution in [3.63, 3.8) is 0 Å². The molecule has 0 aliphatic heterocycles. The molecule has 0 saturated carbocycles. The molecule has 1 amide bonds. The molecular weight excluding hydrogens is 424 g/mol. The lowest BCUT2D eigenvalue weighted by atomic mass is 9.94. The van der Waals surface area contributed by atoms with Crippen molar-refractivity contribution in [1.82, 2.24) is 9.97 Å². The van der Waals surface area contributed by atoms with E-state index in [9.17, 15) is 13.2 Å². The van der Waals surface area contributed by atoms with Crippen molar-refractivity contribution in [2.75, 3.05) is 10.0 Å². The number of benzene rings is 2. The highest BCUT2D eigenvalue weighted by Crippen LogP contribution is 2.23. The molecule has 0 saturated heterocycles. The normalized spacial score (nSPS) is 12.4. The standard InChI is InChI=1S/C24H28N4O3S/c1-16(2)19-5-7-20(8-6-19)17(3)15-23(29)27-21-9-11-22(12-10-21)32(30,31)28-24-25-14-13-18(4)26-24/h5-14,16-17H,15H2,1-4H3,(H,27,29)(H,25,26,28). The van der Waals surface area contributed by atoms with Gasteiger partial charge in [-0.05, 0) is 60.2 Å². The fourth-order valence-electron chi connectivity index (χ4n) is 3.21. The van der Waals surface area contributed by atoms with E-state index in [0.29, 0.717) is 23.7 Å². The average Bonchev–Trinajstić information content (AvgIpc) is 2.73. The highest BCUT2D eigenvalue weighted by atomic mass is 32.2. The molecule has 0 spiro atoms. The van der Waals surface area contributed by atoms with Crippen molar-refractivity contribution < 1.29 is 13.2 Å². The van der Waals surface area contributed by atoms with Crippen molar-refractivity contribution >= 4 is 27.6 Å². The van der Waals surface area contributed by atoms with Gasteiger partial charge in [-0.25, -0.2) is 23.1 Å². The maximum absolute atomic E-state index is 12.5. The van der Waals surface area contributed by atoms with Crippen LogP contribution in [-0.4, -0.2) is 24.3 Å². The second-order valence-electron chi connectivity index (χ2n) is 8.13. The van der Waals surface area contributed by atoms with Crippen LogP contribution in [0, 0.1) is 6.92 Å². The molecule has 32 heavy (non-hydrogen) atoms. The Labute approximate surface area is 189 Å². The minimum absolute atomic E-state index is 0.0118. The molecule has 7 nitrogen and oxygen atoms in total. The molecule has 3 aromatic rings. The average molecular weight is 453 g/mol. The second kappa shape index (κ2) is 9.91. The number of amides is 1. The number of carbonyl (C=O) groups is 1. The highest BCUT2D eigenvalue weighted by Gasteiger charge is 2.17. The first-order chi connectivity index (χ1) is 15.1. The van der Waals surface area contributed by atoms with E-state index in [4.69, 9.17) is 0 Å². The number of hydrogen-bond donors (Lipinski definition) is 2. The zero-order valence-electron chi connectivity index (χ0n) is 18.7. The molecule has 0 bridgehead atoms. The van der Waals surface area contributed by atoms with Crippen LogP contribution >= 0.6 is 0 Å². The van der Waals surface area contributed by atoms with Gasteiger partial charge in [0.25, 0.3) is 10.0 Å². The molecule has 0 aliphatic carbocycles. The smallest absolute Gasteiger partial charge is 0.264 e. The maximum atomic E-state index is 12.5. The summed E-state index contributed by atoms with van der Waals surface area (Å²) in [6.45, 7) is 8.06. The predicted octanol–water partition coefficient (Wildman–Crippen LogP) is 4.84. The van der Waals surface area contributed by atoms with E-state index >= 15 is 0 Å². The number of sulfonamides is 1. The van der Waals surface area contributed by atoms with Gasteiger partial charge in [0.1, 0.15) is 0 Å². The van der Waals surface area contributed by atoms with Gasteiger partial charge >= 0.3 is 0 Å². The molecule has 2 aromatic carbocycles. The number of rotatable bonds is 8. The van der Waals surface area contributed by atoms with Gasteiger partial charge in [-0.3, -0.25) is 4.79 Å². The number of hydrogen-bond acceptors (Lipinski definition) is 5. The molecule has 8 heteroatoms. The van der Waals surface area contributed by atoms with Gasteiger partial charge in [0.05, 0.1) is 4.90 Å². The molecule has 1 aromatic heterocycles.